The predicted molar refractivity (Wildman–Crippen MR) is 116 cm³/mol. The molecule has 3 aromatic carbocycles. The number of carbonyl (C=O) groups is 1. The average Bonchev–Trinajstić information content (AvgIpc) is 3.16. The first kappa shape index (κ1) is 20.4. The monoisotopic (exact) mass is 419 g/mol. The average molecular weight is 419 g/mol. The molecule has 0 aliphatic carbocycles. The minimum atomic E-state index is -0.821. The van der Waals surface area contributed by atoms with Crippen molar-refractivity contribution in [1.82, 2.24) is 10.2 Å². The Morgan fingerprint density at radius 1 is 1.06 bits per heavy atom. The summed E-state index contributed by atoms with van der Waals surface area (Å²) < 4.78 is 27.6. The highest BCUT2D eigenvalue weighted by Gasteiger charge is 2.21. The Bertz CT molecular complexity index is 1240. The van der Waals surface area contributed by atoms with Gasteiger partial charge in [0.1, 0.15) is 11.6 Å². The molecule has 1 heterocycles. The van der Waals surface area contributed by atoms with Crippen LogP contribution in [0.5, 0.6) is 0 Å². The van der Waals surface area contributed by atoms with Crippen LogP contribution in [-0.2, 0) is 4.79 Å². The maximum absolute atomic E-state index is 14.6. The molecule has 5 nitrogen and oxygen atoms in total. The Kier molecular flexibility index (Phi) is 5.86. The number of amides is 1. The van der Waals surface area contributed by atoms with Gasteiger partial charge >= 0.3 is 0 Å². The fraction of sp³-hybridized carbons (Fsp3) is 0.0833. The summed E-state index contributed by atoms with van der Waals surface area (Å²) in [6.07, 6.45) is 3.48. The van der Waals surface area contributed by atoms with Gasteiger partial charge < -0.3 is 10.4 Å². The topological polar surface area (TPSA) is 78.0 Å². The number of fused-ring (bicyclic) bond motifs is 1. The number of aliphatic hydroxyl groups excluding tert-OH is 1. The Labute approximate surface area is 177 Å². The molecule has 1 atom stereocenters. The normalized spacial score (nSPS) is 12.4. The van der Waals surface area contributed by atoms with E-state index in [1.54, 1.807) is 48.6 Å². The fourth-order valence-corrected chi connectivity index (χ4v) is 3.28. The molecule has 0 bridgehead atoms. The van der Waals surface area contributed by atoms with E-state index in [0.717, 1.165) is 5.56 Å². The van der Waals surface area contributed by atoms with Gasteiger partial charge in [0.15, 0.2) is 0 Å². The van der Waals surface area contributed by atoms with Gasteiger partial charge in [-0.3, -0.25) is 9.89 Å². The molecular weight excluding hydrogens is 400 g/mol. The zero-order valence-electron chi connectivity index (χ0n) is 16.3. The summed E-state index contributed by atoms with van der Waals surface area (Å²) in [4.78, 5) is 12.7. The van der Waals surface area contributed by atoms with Gasteiger partial charge in [0.25, 0.3) is 0 Å². The van der Waals surface area contributed by atoms with Crippen molar-refractivity contribution in [1.29, 1.82) is 0 Å². The van der Waals surface area contributed by atoms with Gasteiger partial charge in [-0.2, -0.15) is 5.10 Å². The number of carbonyl (C=O) groups excluding carboxylic acids is 1. The van der Waals surface area contributed by atoms with Crippen molar-refractivity contribution in [2.24, 2.45) is 0 Å². The van der Waals surface area contributed by atoms with E-state index in [1.165, 1.54) is 24.3 Å². The number of hydrogen-bond donors (Lipinski definition) is 3. The molecule has 156 valence electrons. The molecule has 7 heteroatoms. The summed E-state index contributed by atoms with van der Waals surface area (Å²) in [6, 6.07) is 17.5. The lowest BCUT2D eigenvalue weighted by molar-refractivity contribution is -0.118. The zero-order chi connectivity index (χ0) is 21.8. The largest absolute Gasteiger partial charge is 0.395 e. The lowest BCUT2D eigenvalue weighted by Crippen LogP contribution is -2.24. The van der Waals surface area contributed by atoms with E-state index in [1.807, 2.05) is 6.07 Å². The van der Waals surface area contributed by atoms with Crippen LogP contribution >= 0.6 is 0 Å². The maximum atomic E-state index is 14.6. The predicted octanol–water partition coefficient (Wildman–Crippen LogP) is 4.73. The van der Waals surface area contributed by atoms with Crippen molar-refractivity contribution >= 4 is 34.6 Å². The molecule has 0 saturated carbocycles. The van der Waals surface area contributed by atoms with Gasteiger partial charge in [0.2, 0.25) is 5.91 Å². The van der Waals surface area contributed by atoms with Gasteiger partial charge in [0, 0.05) is 11.5 Å². The van der Waals surface area contributed by atoms with Gasteiger partial charge in [-0.25, -0.2) is 8.78 Å². The minimum absolute atomic E-state index is 0.00952. The summed E-state index contributed by atoms with van der Waals surface area (Å²) >= 11 is 0. The Morgan fingerprint density at radius 3 is 2.52 bits per heavy atom. The van der Waals surface area contributed by atoms with Crippen molar-refractivity contribution < 1.29 is 18.7 Å². The highest BCUT2D eigenvalue weighted by Crippen LogP contribution is 2.27. The molecule has 1 amide bonds. The lowest BCUT2D eigenvalue weighted by Gasteiger charge is -2.15. The smallest absolute Gasteiger partial charge is 0.234 e. The molecule has 4 rings (SSSR count). The van der Waals surface area contributed by atoms with Crippen LogP contribution in [0.3, 0.4) is 0 Å². The molecular formula is C24H19F2N3O2. The first-order valence-electron chi connectivity index (χ1n) is 9.63. The molecule has 0 radical (unpaired) electrons. The number of halogens is 2. The second-order valence-corrected chi connectivity index (χ2v) is 7.01. The Hall–Kier alpha value is -3.84. The van der Waals surface area contributed by atoms with Gasteiger partial charge in [-0.15, -0.1) is 0 Å². The second-order valence-electron chi connectivity index (χ2n) is 7.01. The van der Waals surface area contributed by atoms with Crippen molar-refractivity contribution in [2.75, 3.05) is 11.9 Å². The summed E-state index contributed by atoms with van der Waals surface area (Å²) in [5.74, 6) is -2.28. The number of anilines is 1. The molecule has 1 aromatic heterocycles. The van der Waals surface area contributed by atoms with Crippen molar-refractivity contribution in [3.8, 4) is 0 Å². The SMILES string of the molecule is O=C(Nc1cc2c(/C=C/c3ccc(F)cc3)n[nH]c2cc1F)C(CO)c1ccccc1. The van der Waals surface area contributed by atoms with E-state index in [0.29, 0.717) is 22.2 Å². The first-order chi connectivity index (χ1) is 15.0. The number of nitrogens with zero attached hydrogens (tertiary/aromatic N) is 1. The van der Waals surface area contributed by atoms with Crippen LogP contribution in [0.1, 0.15) is 22.7 Å². The molecule has 0 fully saturated rings. The number of aromatic nitrogens is 2. The van der Waals surface area contributed by atoms with E-state index < -0.39 is 24.2 Å². The van der Waals surface area contributed by atoms with E-state index in [4.69, 9.17) is 0 Å². The minimum Gasteiger partial charge on any atom is -0.395 e. The highest BCUT2D eigenvalue weighted by atomic mass is 19.1. The molecule has 3 N–H and O–H groups in total. The van der Waals surface area contributed by atoms with Gasteiger partial charge in [0.05, 0.1) is 29.4 Å². The third-order valence-corrected chi connectivity index (χ3v) is 4.94. The Morgan fingerprint density at radius 2 is 1.81 bits per heavy atom. The first-order valence-corrected chi connectivity index (χ1v) is 9.63. The Balaban J connectivity index is 1.61. The molecule has 4 aromatic rings. The summed E-state index contributed by atoms with van der Waals surface area (Å²) in [5, 5.41) is 19.8. The summed E-state index contributed by atoms with van der Waals surface area (Å²) in [5.41, 5.74) is 2.41. The van der Waals surface area contributed by atoms with E-state index >= 15 is 0 Å². The van der Waals surface area contributed by atoms with Gasteiger partial charge in [-0.05, 0) is 35.4 Å². The third-order valence-electron chi connectivity index (χ3n) is 4.94. The zero-order valence-corrected chi connectivity index (χ0v) is 16.3. The maximum Gasteiger partial charge on any atom is 0.234 e. The summed E-state index contributed by atoms with van der Waals surface area (Å²) in [7, 11) is 0. The quantitative estimate of drug-likeness (QED) is 0.423. The second kappa shape index (κ2) is 8.89. The highest BCUT2D eigenvalue weighted by molar-refractivity contribution is 5.99. The van der Waals surface area contributed by atoms with Crippen LogP contribution < -0.4 is 5.32 Å². The molecule has 0 spiro atoms. The standard InChI is InChI=1S/C24H19F2N3O2/c25-17-9-6-15(7-10-17)8-11-21-18-12-23(20(26)13-22(18)29-28-21)27-24(31)19(14-30)16-4-2-1-3-5-16/h1-13,19,30H,14H2,(H,27,31)(H,28,29)/b11-8+. The van der Waals surface area contributed by atoms with Crippen molar-refractivity contribution in [2.45, 2.75) is 5.92 Å². The molecule has 1 unspecified atom stereocenters. The summed E-state index contributed by atoms with van der Waals surface area (Å²) in [6.45, 7) is -0.406. The number of nitrogens with one attached hydrogen (secondary N) is 2. The molecule has 0 saturated heterocycles. The number of rotatable bonds is 6. The third kappa shape index (κ3) is 4.51. The lowest BCUT2D eigenvalue weighted by atomic mass is 9.99. The van der Waals surface area contributed by atoms with Crippen LogP contribution in [0.4, 0.5) is 14.5 Å². The van der Waals surface area contributed by atoms with Crippen molar-refractivity contribution in [3.63, 3.8) is 0 Å². The van der Waals surface area contributed by atoms with E-state index in [-0.39, 0.29) is 11.5 Å². The fourth-order valence-electron chi connectivity index (χ4n) is 3.28. The number of hydrogen-bond acceptors (Lipinski definition) is 3. The van der Waals surface area contributed by atoms with Crippen LogP contribution in [-0.4, -0.2) is 27.8 Å². The van der Waals surface area contributed by atoms with Crippen LogP contribution in [0.15, 0.2) is 66.7 Å². The molecule has 0 aliphatic heterocycles. The van der Waals surface area contributed by atoms with Crippen LogP contribution in [0.2, 0.25) is 0 Å². The number of aromatic amines is 1. The number of H-pyrrole nitrogens is 1. The molecule has 0 aliphatic rings. The van der Waals surface area contributed by atoms with Crippen LogP contribution in [0.25, 0.3) is 23.1 Å². The number of aliphatic hydroxyl groups is 1. The van der Waals surface area contributed by atoms with E-state index in [9.17, 15) is 18.7 Å². The van der Waals surface area contributed by atoms with Crippen molar-refractivity contribution in [3.05, 3.63) is 95.2 Å². The number of benzene rings is 3. The van der Waals surface area contributed by atoms with E-state index in [2.05, 4.69) is 15.5 Å². The van der Waals surface area contributed by atoms with Gasteiger partial charge in [-0.1, -0.05) is 48.5 Å². The molecule has 31 heavy (non-hydrogen) atoms. The van der Waals surface area contributed by atoms with Crippen LogP contribution in [0, 0.1) is 11.6 Å².